The molecule has 2 aromatic carbocycles. The number of carbonyl (C=O) groups is 1. The van der Waals surface area contributed by atoms with E-state index < -0.39 is 0 Å². The van der Waals surface area contributed by atoms with Crippen molar-refractivity contribution in [3.63, 3.8) is 0 Å². The average molecular weight is 310 g/mol. The van der Waals surface area contributed by atoms with Crippen LogP contribution in [0.3, 0.4) is 0 Å². The molecule has 23 heavy (non-hydrogen) atoms. The van der Waals surface area contributed by atoms with Crippen molar-refractivity contribution in [2.24, 2.45) is 0 Å². The second kappa shape index (κ2) is 8.47. The first-order valence-corrected chi connectivity index (χ1v) is 7.11. The summed E-state index contributed by atoms with van der Waals surface area (Å²) in [5, 5.41) is 14.7. The Morgan fingerprint density at radius 3 is 2.48 bits per heavy atom. The van der Waals surface area contributed by atoms with Crippen LogP contribution in [0.2, 0.25) is 0 Å². The lowest BCUT2D eigenvalue weighted by atomic mass is 10.1. The monoisotopic (exact) mass is 310 g/mol. The second-order valence-corrected chi connectivity index (χ2v) is 4.75. The van der Waals surface area contributed by atoms with Crippen LogP contribution in [0.5, 0.6) is 5.75 Å². The third-order valence-electron chi connectivity index (χ3n) is 3.16. The molecular formula is C18H18N2O3. The van der Waals surface area contributed by atoms with Gasteiger partial charge in [0.05, 0.1) is 6.61 Å². The number of carbonyl (C=O) groups excluding carboxylic acids is 1. The van der Waals surface area contributed by atoms with Gasteiger partial charge in [0.1, 0.15) is 12.4 Å². The van der Waals surface area contributed by atoms with Crippen molar-refractivity contribution >= 4 is 11.7 Å². The van der Waals surface area contributed by atoms with Crippen LogP contribution < -0.4 is 15.4 Å². The maximum Gasteiger partial charge on any atom is 0.319 e. The lowest BCUT2D eigenvalue weighted by molar-refractivity contribution is 0.251. The molecule has 0 unspecified atom stereocenters. The molecule has 0 aliphatic heterocycles. The number of terminal acetylenes is 1. The Balaban J connectivity index is 1.86. The first-order chi connectivity index (χ1) is 11.2. The van der Waals surface area contributed by atoms with Gasteiger partial charge >= 0.3 is 6.03 Å². The number of amides is 2. The van der Waals surface area contributed by atoms with Crippen molar-refractivity contribution < 1.29 is 14.6 Å². The standard InChI is InChI=1S/C18H18N2O3/c1-2-11-23-17-9-7-16(8-10-17)20-18(22)19-12-14-5-3-4-6-15(14)13-21/h1,3-10,21H,11-13H2,(H2,19,20,22). The summed E-state index contributed by atoms with van der Waals surface area (Å²) in [5.74, 6) is 3.03. The number of aliphatic hydroxyl groups excluding tert-OH is 1. The topological polar surface area (TPSA) is 70.6 Å². The predicted molar refractivity (Wildman–Crippen MR) is 89.0 cm³/mol. The van der Waals surface area contributed by atoms with Gasteiger partial charge in [-0.1, -0.05) is 30.2 Å². The first kappa shape index (κ1) is 16.4. The normalized spacial score (nSPS) is 9.74. The third-order valence-corrected chi connectivity index (χ3v) is 3.16. The minimum absolute atomic E-state index is 0.0570. The minimum Gasteiger partial charge on any atom is -0.481 e. The molecule has 3 N–H and O–H groups in total. The predicted octanol–water partition coefficient (Wildman–Crippen LogP) is 2.51. The van der Waals surface area contributed by atoms with Gasteiger partial charge in [0.2, 0.25) is 0 Å². The highest BCUT2D eigenvalue weighted by Gasteiger charge is 2.04. The molecule has 0 fully saturated rings. The highest BCUT2D eigenvalue weighted by molar-refractivity contribution is 5.89. The van der Waals surface area contributed by atoms with E-state index in [0.29, 0.717) is 18.0 Å². The summed E-state index contributed by atoms with van der Waals surface area (Å²) >= 11 is 0. The van der Waals surface area contributed by atoms with E-state index in [9.17, 15) is 9.90 Å². The van der Waals surface area contributed by atoms with E-state index in [2.05, 4.69) is 16.6 Å². The van der Waals surface area contributed by atoms with Crippen LogP contribution >= 0.6 is 0 Å². The van der Waals surface area contributed by atoms with E-state index in [4.69, 9.17) is 11.2 Å². The SMILES string of the molecule is C#CCOc1ccc(NC(=O)NCc2ccccc2CO)cc1. The molecule has 0 saturated heterocycles. The Morgan fingerprint density at radius 2 is 1.83 bits per heavy atom. The van der Waals surface area contributed by atoms with Gasteiger partial charge in [0, 0.05) is 12.2 Å². The van der Waals surface area contributed by atoms with Crippen molar-refractivity contribution in [2.45, 2.75) is 13.2 Å². The van der Waals surface area contributed by atoms with Crippen molar-refractivity contribution in [1.82, 2.24) is 5.32 Å². The van der Waals surface area contributed by atoms with E-state index >= 15 is 0 Å². The van der Waals surface area contributed by atoms with Crippen LogP contribution in [0.1, 0.15) is 11.1 Å². The van der Waals surface area contributed by atoms with Gasteiger partial charge in [-0.05, 0) is 35.4 Å². The number of rotatable bonds is 6. The van der Waals surface area contributed by atoms with E-state index in [1.807, 2.05) is 24.3 Å². The van der Waals surface area contributed by atoms with Crippen LogP contribution in [0.4, 0.5) is 10.5 Å². The zero-order valence-electron chi connectivity index (χ0n) is 12.6. The lowest BCUT2D eigenvalue weighted by Gasteiger charge is -2.10. The average Bonchev–Trinajstić information content (AvgIpc) is 2.59. The van der Waals surface area contributed by atoms with Crippen LogP contribution in [0, 0.1) is 12.3 Å². The van der Waals surface area contributed by atoms with Gasteiger partial charge in [-0.2, -0.15) is 0 Å². The van der Waals surface area contributed by atoms with Crippen LogP contribution in [-0.2, 0) is 13.2 Å². The van der Waals surface area contributed by atoms with Crippen molar-refractivity contribution in [3.05, 3.63) is 59.7 Å². The maximum atomic E-state index is 11.9. The first-order valence-electron chi connectivity index (χ1n) is 7.11. The Labute approximate surface area is 135 Å². The molecule has 5 heteroatoms. The zero-order chi connectivity index (χ0) is 16.5. The molecule has 2 amide bonds. The Kier molecular flexibility index (Phi) is 6.04. The van der Waals surface area contributed by atoms with E-state index in [1.54, 1.807) is 24.3 Å². The largest absolute Gasteiger partial charge is 0.481 e. The number of aliphatic hydroxyl groups is 1. The molecule has 0 aromatic heterocycles. The zero-order valence-corrected chi connectivity index (χ0v) is 12.6. The van der Waals surface area contributed by atoms with Crippen LogP contribution in [0.15, 0.2) is 48.5 Å². The van der Waals surface area contributed by atoms with Gasteiger partial charge in [0.25, 0.3) is 0 Å². The molecule has 118 valence electrons. The molecule has 2 aromatic rings. The number of hydrogen-bond donors (Lipinski definition) is 3. The summed E-state index contributed by atoms with van der Waals surface area (Å²) in [6.07, 6.45) is 5.12. The van der Waals surface area contributed by atoms with Crippen LogP contribution in [-0.4, -0.2) is 17.7 Å². The van der Waals surface area contributed by atoms with E-state index in [1.165, 1.54) is 0 Å². The fourth-order valence-corrected chi connectivity index (χ4v) is 1.99. The molecule has 0 aliphatic rings. The summed E-state index contributed by atoms with van der Waals surface area (Å²) < 4.78 is 5.26. The van der Waals surface area contributed by atoms with Gasteiger partial charge in [-0.3, -0.25) is 0 Å². The highest BCUT2D eigenvalue weighted by atomic mass is 16.5. The summed E-state index contributed by atoms with van der Waals surface area (Å²) in [6, 6.07) is 14.0. The smallest absolute Gasteiger partial charge is 0.319 e. The number of ether oxygens (including phenoxy) is 1. The van der Waals surface area contributed by atoms with Gasteiger partial charge in [0.15, 0.2) is 0 Å². The molecule has 0 bridgehead atoms. The van der Waals surface area contributed by atoms with Crippen molar-refractivity contribution in [3.8, 4) is 18.1 Å². The Hall–Kier alpha value is -2.97. The number of hydrogen-bond acceptors (Lipinski definition) is 3. The van der Waals surface area contributed by atoms with Crippen molar-refractivity contribution in [1.29, 1.82) is 0 Å². The fraction of sp³-hybridized carbons (Fsp3) is 0.167. The molecule has 0 heterocycles. The second-order valence-electron chi connectivity index (χ2n) is 4.75. The van der Waals surface area contributed by atoms with Crippen LogP contribution in [0.25, 0.3) is 0 Å². The number of urea groups is 1. The summed E-state index contributed by atoms with van der Waals surface area (Å²) in [6.45, 7) is 0.488. The third kappa shape index (κ3) is 5.06. The van der Waals surface area contributed by atoms with Gasteiger partial charge in [-0.25, -0.2) is 4.79 Å². The maximum absolute atomic E-state index is 11.9. The molecule has 2 rings (SSSR count). The minimum atomic E-state index is -0.324. The molecular weight excluding hydrogens is 292 g/mol. The fourth-order valence-electron chi connectivity index (χ4n) is 1.99. The molecule has 0 atom stereocenters. The van der Waals surface area contributed by atoms with E-state index in [0.717, 1.165) is 11.1 Å². The Morgan fingerprint density at radius 1 is 1.13 bits per heavy atom. The molecule has 0 aliphatic carbocycles. The summed E-state index contributed by atoms with van der Waals surface area (Å²) in [7, 11) is 0. The lowest BCUT2D eigenvalue weighted by Crippen LogP contribution is -2.28. The summed E-state index contributed by atoms with van der Waals surface area (Å²) in [5.41, 5.74) is 2.32. The molecule has 0 saturated carbocycles. The van der Waals surface area contributed by atoms with E-state index in [-0.39, 0.29) is 19.2 Å². The Bertz CT molecular complexity index is 690. The molecule has 0 radical (unpaired) electrons. The summed E-state index contributed by atoms with van der Waals surface area (Å²) in [4.78, 5) is 11.9. The number of benzene rings is 2. The molecule has 0 spiro atoms. The highest BCUT2D eigenvalue weighted by Crippen LogP contribution is 2.15. The van der Waals surface area contributed by atoms with Gasteiger partial charge in [-0.15, -0.1) is 6.42 Å². The molecule has 5 nitrogen and oxygen atoms in total. The number of nitrogens with one attached hydrogen (secondary N) is 2. The van der Waals surface area contributed by atoms with Gasteiger partial charge < -0.3 is 20.5 Å². The quantitative estimate of drug-likeness (QED) is 0.718. The number of anilines is 1. The van der Waals surface area contributed by atoms with Crippen molar-refractivity contribution in [2.75, 3.05) is 11.9 Å².